The van der Waals surface area contributed by atoms with Gasteiger partial charge >= 0.3 is 5.97 Å². The third-order valence-corrected chi connectivity index (χ3v) is 4.18. The zero-order chi connectivity index (χ0) is 13.8. The molecule has 5 nitrogen and oxygen atoms in total. The highest BCUT2D eigenvalue weighted by molar-refractivity contribution is 7.12. The predicted molar refractivity (Wildman–Crippen MR) is 74.5 cm³/mol. The molecule has 6 heteroatoms. The van der Waals surface area contributed by atoms with Crippen molar-refractivity contribution in [1.82, 2.24) is 5.32 Å². The van der Waals surface area contributed by atoms with E-state index in [4.69, 9.17) is 0 Å². The van der Waals surface area contributed by atoms with Gasteiger partial charge in [0.25, 0.3) is 0 Å². The average Bonchev–Trinajstić information content (AvgIpc) is 2.86. The Bertz CT molecular complexity index is 472. The van der Waals surface area contributed by atoms with Crippen LogP contribution in [0.1, 0.15) is 29.4 Å². The fourth-order valence-corrected chi connectivity index (χ4v) is 3.03. The molecule has 19 heavy (non-hydrogen) atoms. The van der Waals surface area contributed by atoms with Crippen LogP contribution in [0.25, 0.3) is 0 Å². The molecule has 0 radical (unpaired) electrons. The predicted octanol–water partition coefficient (Wildman–Crippen LogP) is 1.86. The molecule has 1 fully saturated rings. The van der Waals surface area contributed by atoms with E-state index in [1.54, 1.807) is 11.4 Å². The van der Waals surface area contributed by atoms with E-state index in [0.29, 0.717) is 16.6 Å². The van der Waals surface area contributed by atoms with Crippen LogP contribution < -0.4 is 10.6 Å². The lowest BCUT2D eigenvalue weighted by atomic mass is 9.92. The van der Waals surface area contributed by atoms with E-state index in [0.717, 1.165) is 19.4 Å². The summed E-state index contributed by atoms with van der Waals surface area (Å²) in [5.41, 5.74) is 0.549. The Labute approximate surface area is 116 Å². The molecular weight excluding hydrogens is 264 g/mol. The van der Waals surface area contributed by atoms with E-state index in [2.05, 4.69) is 22.3 Å². The van der Waals surface area contributed by atoms with Gasteiger partial charge in [0.2, 0.25) is 5.91 Å². The maximum atomic E-state index is 12.2. The lowest BCUT2D eigenvalue weighted by Crippen LogP contribution is -2.40. The lowest BCUT2D eigenvalue weighted by molar-refractivity contribution is -0.120. The van der Waals surface area contributed by atoms with Crippen molar-refractivity contribution < 1.29 is 14.3 Å². The Kier molecular flexibility index (Phi) is 4.55. The van der Waals surface area contributed by atoms with Crippen molar-refractivity contribution in [1.29, 1.82) is 0 Å². The number of thiophene rings is 1. The smallest absolute Gasteiger partial charge is 0.350 e. The van der Waals surface area contributed by atoms with Crippen molar-refractivity contribution in [2.45, 2.75) is 25.8 Å². The van der Waals surface area contributed by atoms with Gasteiger partial charge in [-0.05, 0) is 37.8 Å². The third-order valence-electron chi connectivity index (χ3n) is 3.29. The summed E-state index contributed by atoms with van der Waals surface area (Å²) in [4.78, 5) is 24.2. The first-order chi connectivity index (χ1) is 9.11. The lowest BCUT2D eigenvalue weighted by Gasteiger charge is -2.27. The molecule has 0 aromatic carbocycles. The molecule has 2 N–H and O–H groups in total. The Morgan fingerprint density at radius 2 is 2.32 bits per heavy atom. The van der Waals surface area contributed by atoms with Gasteiger partial charge in [-0.25, -0.2) is 4.79 Å². The van der Waals surface area contributed by atoms with Crippen LogP contribution in [0.2, 0.25) is 0 Å². The maximum Gasteiger partial charge on any atom is 0.350 e. The van der Waals surface area contributed by atoms with Crippen molar-refractivity contribution in [3.05, 3.63) is 16.3 Å². The summed E-state index contributed by atoms with van der Waals surface area (Å²) in [6, 6.07) is 2.09. The molecule has 1 aromatic rings. The first-order valence-corrected chi connectivity index (χ1v) is 7.20. The summed E-state index contributed by atoms with van der Waals surface area (Å²) in [5.74, 6) is -0.428. The molecule has 0 saturated carbocycles. The topological polar surface area (TPSA) is 67.4 Å². The molecule has 0 bridgehead atoms. The van der Waals surface area contributed by atoms with Crippen molar-refractivity contribution in [3.8, 4) is 0 Å². The number of carbonyl (C=O) groups is 2. The summed E-state index contributed by atoms with van der Waals surface area (Å²) >= 11 is 1.27. The van der Waals surface area contributed by atoms with Gasteiger partial charge in [0.15, 0.2) is 0 Å². The molecule has 1 aliphatic rings. The molecule has 2 rings (SSSR count). The van der Waals surface area contributed by atoms with Gasteiger partial charge in [-0.15, -0.1) is 11.3 Å². The van der Waals surface area contributed by atoms with Crippen molar-refractivity contribution >= 4 is 28.9 Å². The molecule has 1 aliphatic heterocycles. The molecular formula is C13H18N2O3S. The number of methoxy groups -OCH3 is 1. The summed E-state index contributed by atoms with van der Waals surface area (Å²) in [7, 11) is 1.34. The monoisotopic (exact) mass is 282 g/mol. The number of piperidine rings is 1. The zero-order valence-corrected chi connectivity index (χ0v) is 11.9. The Balaban J connectivity index is 2.02. The van der Waals surface area contributed by atoms with Gasteiger partial charge in [0, 0.05) is 12.0 Å². The fourth-order valence-electron chi connectivity index (χ4n) is 2.26. The van der Waals surface area contributed by atoms with E-state index < -0.39 is 5.97 Å². The SMILES string of the molecule is COC(=O)c1sccc1NC(=O)C1CCNC(C)C1. The largest absolute Gasteiger partial charge is 0.465 e. The van der Waals surface area contributed by atoms with Gasteiger partial charge in [-0.3, -0.25) is 4.79 Å². The minimum absolute atomic E-state index is 0.00152. The number of hydrogen-bond donors (Lipinski definition) is 2. The Hall–Kier alpha value is -1.40. The fraction of sp³-hybridized carbons (Fsp3) is 0.538. The minimum atomic E-state index is -0.413. The van der Waals surface area contributed by atoms with Gasteiger partial charge < -0.3 is 15.4 Å². The van der Waals surface area contributed by atoms with Crippen LogP contribution in [0.3, 0.4) is 0 Å². The normalized spacial score (nSPS) is 22.8. The quantitative estimate of drug-likeness (QED) is 0.830. The highest BCUT2D eigenvalue weighted by Crippen LogP contribution is 2.25. The number of anilines is 1. The van der Waals surface area contributed by atoms with Gasteiger partial charge in [0.05, 0.1) is 12.8 Å². The number of carbonyl (C=O) groups excluding carboxylic acids is 2. The van der Waals surface area contributed by atoms with E-state index in [-0.39, 0.29) is 11.8 Å². The number of amides is 1. The number of esters is 1. The number of rotatable bonds is 3. The van der Waals surface area contributed by atoms with Crippen LogP contribution in [-0.4, -0.2) is 31.6 Å². The van der Waals surface area contributed by atoms with Crippen LogP contribution >= 0.6 is 11.3 Å². The Morgan fingerprint density at radius 3 is 3.00 bits per heavy atom. The minimum Gasteiger partial charge on any atom is -0.465 e. The number of hydrogen-bond acceptors (Lipinski definition) is 5. The molecule has 0 spiro atoms. The summed E-state index contributed by atoms with van der Waals surface area (Å²) in [6.07, 6.45) is 1.65. The molecule has 0 aliphatic carbocycles. The van der Waals surface area contributed by atoms with Crippen LogP contribution in [0, 0.1) is 5.92 Å². The molecule has 1 amide bonds. The van der Waals surface area contributed by atoms with Crippen LogP contribution in [0.4, 0.5) is 5.69 Å². The molecule has 1 saturated heterocycles. The molecule has 2 unspecified atom stereocenters. The second kappa shape index (κ2) is 6.16. The van der Waals surface area contributed by atoms with Crippen molar-refractivity contribution in [3.63, 3.8) is 0 Å². The summed E-state index contributed by atoms with van der Waals surface area (Å²) in [6.45, 7) is 2.93. The first-order valence-electron chi connectivity index (χ1n) is 6.32. The summed E-state index contributed by atoms with van der Waals surface area (Å²) in [5, 5.41) is 7.92. The highest BCUT2D eigenvalue weighted by atomic mass is 32.1. The molecule has 2 atom stereocenters. The average molecular weight is 282 g/mol. The standard InChI is InChI=1S/C13H18N2O3S/c1-8-7-9(3-5-14-8)12(16)15-10-4-6-19-11(10)13(17)18-2/h4,6,8-9,14H,3,5,7H2,1-2H3,(H,15,16). The van der Waals surface area contributed by atoms with E-state index >= 15 is 0 Å². The second-order valence-electron chi connectivity index (χ2n) is 4.72. The van der Waals surface area contributed by atoms with E-state index in [9.17, 15) is 9.59 Å². The van der Waals surface area contributed by atoms with Crippen LogP contribution in [-0.2, 0) is 9.53 Å². The number of ether oxygens (including phenoxy) is 1. The van der Waals surface area contributed by atoms with Crippen molar-refractivity contribution in [2.75, 3.05) is 19.0 Å². The Morgan fingerprint density at radius 1 is 1.53 bits per heavy atom. The number of nitrogens with one attached hydrogen (secondary N) is 2. The van der Waals surface area contributed by atoms with Crippen LogP contribution in [0.5, 0.6) is 0 Å². The second-order valence-corrected chi connectivity index (χ2v) is 5.64. The maximum absolute atomic E-state index is 12.2. The van der Waals surface area contributed by atoms with Gasteiger partial charge in [0.1, 0.15) is 4.88 Å². The first kappa shape index (κ1) is 14.0. The van der Waals surface area contributed by atoms with E-state index in [1.807, 2.05) is 0 Å². The van der Waals surface area contributed by atoms with E-state index in [1.165, 1.54) is 18.4 Å². The van der Waals surface area contributed by atoms with Crippen LogP contribution in [0.15, 0.2) is 11.4 Å². The molecule has 1 aromatic heterocycles. The molecule has 104 valence electrons. The molecule has 2 heterocycles. The zero-order valence-electron chi connectivity index (χ0n) is 11.1. The highest BCUT2D eigenvalue weighted by Gasteiger charge is 2.26. The summed E-state index contributed by atoms with van der Waals surface area (Å²) < 4.78 is 4.69. The third kappa shape index (κ3) is 3.33. The van der Waals surface area contributed by atoms with Gasteiger partial charge in [-0.1, -0.05) is 0 Å². The van der Waals surface area contributed by atoms with Crippen molar-refractivity contribution in [2.24, 2.45) is 5.92 Å². The van der Waals surface area contributed by atoms with Gasteiger partial charge in [-0.2, -0.15) is 0 Å².